The summed E-state index contributed by atoms with van der Waals surface area (Å²) in [5.41, 5.74) is 19.5. The minimum atomic E-state index is -0.299. The Labute approximate surface area is 468 Å². The summed E-state index contributed by atoms with van der Waals surface area (Å²) in [5, 5.41) is 0.879. The molecule has 6 heterocycles. The molecule has 0 saturated heterocycles. The molecule has 0 spiro atoms. The van der Waals surface area contributed by atoms with Crippen LogP contribution in [0.4, 0.5) is 85.8 Å². The maximum Gasteiger partial charge on any atom is 0.257 e. The molecule has 374 valence electrons. The van der Waals surface area contributed by atoms with Crippen molar-refractivity contribution in [2.24, 2.45) is 0 Å². The van der Waals surface area contributed by atoms with Gasteiger partial charge in [0.25, 0.3) is 13.4 Å². The molecule has 4 aliphatic heterocycles. The largest absolute Gasteiger partial charge is 0.311 e. The predicted molar refractivity (Wildman–Crippen MR) is 331 cm³/mol. The third-order valence-electron chi connectivity index (χ3n) is 15.8. The van der Waals surface area contributed by atoms with Crippen LogP contribution in [-0.4, -0.2) is 33.4 Å². The van der Waals surface area contributed by atoms with Crippen molar-refractivity contribution in [1.82, 2.24) is 19.9 Å². The molecule has 0 fully saturated rings. The van der Waals surface area contributed by atoms with Gasteiger partial charge in [0.1, 0.15) is 23.0 Å². The van der Waals surface area contributed by atoms with Crippen LogP contribution >= 0.6 is 11.8 Å². The standard InChI is InChI=1S/C68H45B2N9S/c1-8-24-46(25-9-1)75(47-26-10-2-11-27-47)53-40-60-63-61(41-53)78(51-34-18-6-19-35-51)59-43-62-56(42-55(59)69(63)54-38-22-23-39-58(54)77(60)50-32-16-5-17-33-50)70-57-44-71-45-72-65(57)79(52-36-20-7-21-37-52)66-64(70)67(80-62)74-68(73-66)76(48-28-12-3-13-29-48)49-30-14-4-15-31-49/h1-45H. The van der Waals surface area contributed by atoms with Gasteiger partial charge in [-0.05, 0) is 131 Å². The lowest BCUT2D eigenvalue weighted by atomic mass is 9.31. The van der Waals surface area contributed by atoms with Crippen LogP contribution in [0.5, 0.6) is 0 Å². The van der Waals surface area contributed by atoms with E-state index in [0.29, 0.717) is 5.95 Å². The van der Waals surface area contributed by atoms with Crippen molar-refractivity contribution in [3.8, 4) is 0 Å². The van der Waals surface area contributed by atoms with Crippen LogP contribution in [0.25, 0.3) is 0 Å². The highest BCUT2D eigenvalue weighted by Crippen LogP contribution is 2.50. The van der Waals surface area contributed by atoms with Crippen LogP contribution < -0.4 is 57.3 Å². The van der Waals surface area contributed by atoms with Gasteiger partial charge in [0, 0.05) is 79.1 Å². The number of anilines is 15. The summed E-state index contributed by atoms with van der Waals surface area (Å²) >= 11 is 1.72. The lowest BCUT2D eigenvalue weighted by Crippen LogP contribution is -2.65. The zero-order valence-electron chi connectivity index (χ0n) is 43.1. The third-order valence-corrected chi connectivity index (χ3v) is 16.9. The van der Waals surface area contributed by atoms with Gasteiger partial charge in [0.05, 0.1) is 5.69 Å². The minimum absolute atomic E-state index is 0.155. The van der Waals surface area contributed by atoms with E-state index < -0.39 is 0 Å². The molecule has 9 nitrogen and oxygen atoms in total. The molecule has 0 aliphatic carbocycles. The highest BCUT2D eigenvalue weighted by atomic mass is 32.2. The Balaban J connectivity index is 0.982. The molecule has 2 aromatic heterocycles. The fourth-order valence-electron chi connectivity index (χ4n) is 12.5. The summed E-state index contributed by atoms with van der Waals surface area (Å²) in [6.07, 6.45) is 3.67. The first-order valence-electron chi connectivity index (χ1n) is 26.9. The second-order valence-electron chi connectivity index (χ2n) is 20.3. The van der Waals surface area contributed by atoms with Crippen LogP contribution in [0, 0.1) is 0 Å². The highest BCUT2D eigenvalue weighted by molar-refractivity contribution is 8.00. The summed E-state index contributed by atoms with van der Waals surface area (Å²) in [6.45, 7) is -0.454. The molecule has 12 heteroatoms. The third kappa shape index (κ3) is 7.29. The summed E-state index contributed by atoms with van der Waals surface area (Å²) in [7, 11) is 0. The van der Waals surface area contributed by atoms with Crippen molar-refractivity contribution in [1.29, 1.82) is 0 Å². The van der Waals surface area contributed by atoms with Crippen molar-refractivity contribution in [2.45, 2.75) is 9.92 Å². The Kier molecular flexibility index (Phi) is 10.8. The van der Waals surface area contributed by atoms with Crippen molar-refractivity contribution in [2.75, 3.05) is 24.5 Å². The fourth-order valence-corrected chi connectivity index (χ4v) is 13.6. The first kappa shape index (κ1) is 46.0. The van der Waals surface area contributed by atoms with Crippen LogP contribution in [0.2, 0.25) is 0 Å². The molecule has 0 saturated carbocycles. The molecule has 0 bridgehead atoms. The molecule has 0 N–H and O–H groups in total. The van der Waals surface area contributed by atoms with Crippen molar-refractivity contribution in [3.05, 3.63) is 273 Å². The van der Waals surface area contributed by atoms with Gasteiger partial charge in [-0.2, -0.15) is 4.98 Å². The summed E-state index contributed by atoms with van der Waals surface area (Å²) in [6, 6.07) is 93.2. The molecular weight excluding hydrogens is 997 g/mol. The molecule has 4 aliphatic rings. The number of rotatable bonds is 9. The molecule has 80 heavy (non-hydrogen) atoms. The van der Waals surface area contributed by atoms with Gasteiger partial charge in [-0.25, -0.2) is 15.0 Å². The zero-order valence-corrected chi connectivity index (χ0v) is 43.9. The van der Waals surface area contributed by atoms with E-state index in [1.807, 2.05) is 24.4 Å². The lowest BCUT2D eigenvalue weighted by molar-refractivity contribution is 0.991. The number of aromatic nitrogens is 4. The monoisotopic (exact) mass is 1040 g/mol. The van der Waals surface area contributed by atoms with E-state index in [1.54, 1.807) is 18.1 Å². The normalized spacial score (nSPS) is 13.1. The molecule has 10 aromatic carbocycles. The van der Waals surface area contributed by atoms with Gasteiger partial charge in [-0.1, -0.05) is 169 Å². The molecule has 0 radical (unpaired) electrons. The molecule has 16 rings (SSSR count). The quantitative estimate of drug-likeness (QED) is 0.103. The average Bonchev–Trinajstić information content (AvgIpc) is 3.69. The number of hydrogen-bond acceptors (Lipinski definition) is 10. The van der Waals surface area contributed by atoms with Crippen molar-refractivity contribution >= 4 is 144 Å². The first-order valence-corrected chi connectivity index (χ1v) is 27.8. The van der Waals surface area contributed by atoms with E-state index in [4.69, 9.17) is 19.9 Å². The maximum absolute atomic E-state index is 5.69. The van der Waals surface area contributed by atoms with Gasteiger partial charge >= 0.3 is 0 Å². The van der Waals surface area contributed by atoms with Crippen molar-refractivity contribution in [3.63, 3.8) is 0 Å². The van der Waals surface area contributed by atoms with E-state index >= 15 is 0 Å². The van der Waals surface area contributed by atoms with Crippen LogP contribution in [0.3, 0.4) is 0 Å². The van der Waals surface area contributed by atoms with Crippen LogP contribution in [-0.2, 0) is 0 Å². The van der Waals surface area contributed by atoms with Gasteiger partial charge in [-0.15, -0.1) is 0 Å². The second kappa shape index (κ2) is 18.8. The number of fused-ring (bicyclic) bond motifs is 8. The zero-order chi connectivity index (χ0) is 52.7. The molecule has 0 amide bonds. The van der Waals surface area contributed by atoms with E-state index in [1.165, 1.54) is 21.9 Å². The Morgan fingerprint density at radius 3 is 1.39 bits per heavy atom. The van der Waals surface area contributed by atoms with Gasteiger partial charge in [0.15, 0.2) is 0 Å². The number of hydrogen-bond donors (Lipinski definition) is 0. The maximum atomic E-state index is 5.69. The molecule has 0 atom stereocenters. The van der Waals surface area contributed by atoms with Gasteiger partial charge in [0.2, 0.25) is 5.95 Å². The van der Waals surface area contributed by atoms with E-state index in [9.17, 15) is 0 Å². The van der Waals surface area contributed by atoms with Crippen LogP contribution in [0.15, 0.2) is 283 Å². The minimum Gasteiger partial charge on any atom is -0.311 e. The number of nitrogens with zero attached hydrogens (tertiary/aromatic N) is 9. The fraction of sp³-hybridized carbons (Fsp3) is 0. The van der Waals surface area contributed by atoms with Crippen molar-refractivity contribution < 1.29 is 0 Å². The molecular formula is C68H45B2N9S. The summed E-state index contributed by atoms with van der Waals surface area (Å²) in [5.74, 6) is 2.13. The van der Waals surface area contributed by atoms with Gasteiger partial charge in [-0.3, -0.25) is 9.80 Å². The summed E-state index contributed by atoms with van der Waals surface area (Å²) < 4.78 is 0. The summed E-state index contributed by atoms with van der Waals surface area (Å²) in [4.78, 5) is 34.2. The van der Waals surface area contributed by atoms with Gasteiger partial charge < -0.3 is 14.7 Å². The predicted octanol–water partition coefficient (Wildman–Crippen LogP) is 13.1. The Morgan fingerprint density at radius 1 is 0.350 bits per heavy atom. The molecule has 12 aromatic rings. The first-order chi connectivity index (χ1) is 39.7. The van der Waals surface area contributed by atoms with E-state index in [-0.39, 0.29) is 13.4 Å². The number of benzene rings is 10. The second-order valence-corrected chi connectivity index (χ2v) is 21.3. The Morgan fingerprint density at radius 2 is 0.825 bits per heavy atom. The average molecular weight is 1040 g/mol. The number of para-hydroxylation sites is 8. The lowest BCUT2D eigenvalue weighted by Gasteiger charge is -2.45. The Bertz CT molecular complexity index is 4240. The van der Waals surface area contributed by atoms with E-state index in [2.05, 4.69) is 267 Å². The molecule has 0 unspecified atom stereocenters. The SMILES string of the molecule is c1ccc(N(c2ccccc2)c2cc3c4c(c2)N(c2ccccc2)c2cc5c(cc2B4c2ccccc2N3c2ccccc2)B2c3cncnc3N(c3ccccc3)c3nc(N(c4ccccc4)c4ccccc4)nc(c32)S5)cc1. The van der Waals surface area contributed by atoms with Crippen LogP contribution in [0.1, 0.15) is 0 Å². The Hall–Kier alpha value is -10.2. The topological polar surface area (TPSA) is 67.8 Å². The highest BCUT2D eigenvalue weighted by Gasteiger charge is 2.49. The van der Waals surface area contributed by atoms with E-state index in [0.717, 1.165) is 101 Å². The smallest absolute Gasteiger partial charge is 0.257 e.